The van der Waals surface area contributed by atoms with Crippen molar-refractivity contribution in [3.8, 4) is 11.5 Å². The van der Waals surface area contributed by atoms with Crippen LogP contribution in [-0.4, -0.2) is 61.4 Å². The number of nitrogens with zero attached hydrogens (tertiary/aromatic N) is 4. The van der Waals surface area contributed by atoms with Gasteiger partial charge in [-0.15, -0.1) is 0 Å². The molecule has 2 aromatic rings. The molecule has 1 aliphatic carbocycles. The minimum absolute atomic E-state index is 0.0756. The number of hydrogen-bond acceptors (Lipinski definition) is 7. The van der Waals surface area contributed by atoms with Gasteiger partial charge in [0.25, 0.3) is 0 Å². The van der Waals surface area contributed by atoms with Gasteiger partial charge in [0.2, 0.25) is 5.91 Å². The normalized spacial score (nSPS) is 22.2. The molecule has 0 bridgehead atoms. The Morgan fingerprint density at radius 3 is 2.33 bits per heavy atom. The van der Waals surface area contributed by atoms with Crippen LogP contribution in [0.15, 0.2) is 81.1 Å². The molecule has 1 saturated carbocycles. The lowest BCUT2D eigenvalue weighted by Crippen LogP contribution is -2.49. The highest BCUT2D eigenvalue weighted by Crippen LogP contribution is 2.32. The molecule has 1 fully saturated rings. The number of carbonyl (C=O) groups is 1. The smallest absolute Gasteiger partial charge is 0.237 e. The van der Waals surface area contributed by atoms with E-state index in [0.29, 0.717) is 23.0 Å². The first-order valence-corrected chi connectivity index (χ1v) is 14.0. The van der Waals surface area contributed by atoms with Crippen molar-refractivity contribution in [1.29, 1.82) is 0 Å². The molecule has 1 amide bonds. The number of amidine groups is 1. The number of hydrogen-bond donors (Lipinski definition) is 3. The topological polar surface area (TPSA) is 117 Å². The largest absolute Gasteiger partial charge is 0.457 e. The predicted octanol–water partition coefficient (Wildman–Crippen LogP) is 4.46. The first kappa shape index (κ1) is 29.0. The zero-order chi connectivity index (χ0) is 28.6. The number of aliphatic imine (C=N–C) groups is 2. The number of rotatable bonds is 10. The molecule has 1 heterocycles. The van der Waals surface area contributed by atoms with Gasteiger partial charge < -0.3 is 21.1 Å². The lowest BCUT2D eigenvalue weighted by molar-refractivity contribution is -0.124. The Bertz CT molecular complexity index is 1260. The van der Waals surface area contributed by atoms with Crippen molar-refractivity contribution in [2.24, 2.45) is 26.7 Å². The molecule has 0 unspecified atom stereocenters. The summed E-state index contributed by atoms with van der Waals surface area (Å²) in [7, 11) is 3.59. The fourth-order valence-corrected chi connectivity index (χ4v) is 5.31. The maximum atomic E-state index is 12.8. The molecule has 1 aliphatic heterocycles. The number of benzene rings is 2. The molecule has 2 aliphatic rings. The van der Waals surface area contributed by atoms with E-state index in [-0.39, 0.29) is 29.9 Å². The van der Waals surface area contributed by atoms with E-state index in [1.165, 1.54) is 0 Å². The maximum absolute atomic E-state index is 12.8. The summed E-state index contributed by atoms with van der Waals surface area (Å²) in [6.45, 7) is 7.91. The van der Waals surface area contributed by atoms with Crippen molar-refractivity contribution in [2.45, 2.75) is 64.1 Å². The number of carbonyl (C=O) groups excluding carboxylic acids is 1. The van der Waals surface area contributed by atoms with Gasteiger partial charge in [0.05, 0.1) is 17.7 Å². The molecule has 0 saturated heterocycles. The van der Waals surface area contributed by atoms with E-state index in [1.54, 1.807) is 7.05 Å². The first-order valence-electron chi connectivity index (χ1n) is 14.0. The molecule has 0 aromatic heterocycles. The van der Waals surface area contributed by atoms with E-state index < -0.39 is 0 Å². The quantitative estimate of drug-likeness (QED) is 0.383. The zero-order valence-electron chi connectivity index (χ0n) is 23.9. The molecule has 9 heteroatoms. The average Bonchev–Trinajstić information content (AvgIpc) is 3.36. The number of ether oxygens (including phenoxy) is 1. The highest BCUT2D eigenvalue weighted by molar-refractivity contribution is 6.32. The van der Waals surface area contributed by atoms with Crippen LogP contribution in [0.25, 0.3) is 0 Å². The van der Waals surface area contributed by atoms with Gasteiger partial charge in [-0.1, -0.05) is 32.0 Å². The van der Waals surface area contributed by atoms with E-state index in [9.17, 15) is 4.79 Å². The summed E-state index contributed by atoms with van der Waals surface area (Å²) in [5.41, 5.74) is 8.60. The Morgan fingerprint density at radius 2 is 1.75 bits per heavy atom. The molecule has 9 nitrogen and oxygen atoms in total. The van der Waals surface area contributed by atoms with Crippen molar-refractivity contribution in [2.75, 3.05) is 14.1 Å². The number of likely N-dealkylation sites (N-methyl/N-ethyl adjacent to an activating group) is 1. The number of hydrazone groups is 1. The molecule has 0 radical (unpaired) electrons. The van der Waals surface area contributed by atoms with Crippen LogP contribution in [0.5, 0.6) is 11.5 Å². The van der Waals surface area contributed by atoms with Crippen LogP contribution in [0.1, 0.15) is 51.5 Å². The van der Waals surface area contributed by atoms with Gasteiger partial charge in [-0.05, 0) is 88.2 Å². The molecule has 2 aromatic carbocycles. The second-order valence-electron chi connectivity index (χ2n) is 10.7. The Balaban J connectivity index is 1.49. The SMILES string of the molecule is C=N/C(N)=C1/C(c2ccc(Oc3ccccc3)cc2)=NN([C@H]2CC[C@@H](NC(=O)[C@H](CC(C)C)NC)CC2)/C1=N/C. The Morgan fingerprint density at radius 1 is 1.10 bits per heavy atom. The Labute approximate surface area is 237 Å². The standard InChI is InChI=1S/C31H41N7O2/c1-20(2)19-26(33-3)31(39)36-22-13-15-23(16-14-22)38-30(35-5)27(29(32)34-4)28(37-38)21-11-17-25(18-12-21)40-24-9-7-6-8-10-24/h6-12,17-18,20,22-23,26,33H,4,13-16,19,32H2,1-3,5H3,(H,36,39)/b29-27-,35-30+/t22-,23+,26-/m0/s1. The lowest BCUT2D eigenvalue weighted by atomic mass is 9.90. The fourth-order valence-electron chi connectivity index (χ4n) is 5.31. The van der Waals surface area contributed by atoms with E-state index in [1.807, 2.05) is 66.7 Å². The van der Waals surface area contributed by atoms with E-state index in [0.717, 1.165) is 49.2 Å². The number of nitrogens with one attached hydrogen (secondary N) is 2. The molecule has 1 atom stereocenters. The average molecular weight is 544 g/mol. The summed E-state index contributed by atoms with van der Waals surface area (Å²) in [5.74, 6) is 2.99. The van der Waals surface area contributed by atoms with Crippen LogP contribution in [-0.2, 0) is 4.79 Å². The van der Waals surface area contributed by atoms with E-state index >= 15 is 0 Å². The molecule has 4 rings (SSSR count). The fraction of sp³-hybridized carbons (Fsp3) is 0.419. The molecule has 40 heavy (non-hydrogen) atoms. The van der Waals surface area contributed by atoms with Gasteiger partial charge in [-0.3, -0.25) is 9.79 Å². The molecular weight excluding hydrogens is 502 g/mol. The van der Waals surface area contributed by atoms with Gasteiger partial charge in [-0.2, -0.15) is 5.10 Å². The minimum atomic E-state index is -0.172. The van der Waals surface area contributed by atoms with Crippen LogP contribution in [0.3, 0.4) is 0 Å². The van der Waals surface area contributed by atoms with Crippen molar-refractivity contribution in [3.63, 3.8) is 0 Å². The van der Waals surface area contributed by atoms with Crippen molar-refractivity contribution in [1.82, 2.24) is 15.6 Å². The Kier molecular flexibility index (Phi) is 9.71. The van der Waals surface area contributed by atoms with Crippen molar-refractivity contribution < 1.29 is 9.53 Å². The zero-order valence-corrected chi connectivity index (χ0v) is 23.9. The van der Waals surface area contributed by atoms with Crippen LogP contribution in [0, 0.1) is 5.92 Å². The van der Waals surface area contributed by atoms with E-state index in [4.69, 9.17) is 15.6 Å². The van der Waals surface area contributed by atoms with Crippen LogP contribution in [0.2, 0.25) is 0 Å². The molecular formula is C31H41N7O2. The van der Waals surface area contributed by atoms with Gasteiger partial charge in [-0.25, -0.2) is 10.0 Å². The Hall–Kier alpha value is -3.98. The number of amides is 1. The monoisotopic (exact) mass is 543 g/mol. The second-order valence-corrected chi connectivity index (χ2v) is 10.7. The number of nitrogens with two attached hydrogens (primary N) is 1. The van der Waals surface area contributed by atoms with Crippen LogP contribution >= 0.6 is 0 Å². The third-order valence-electron chi connectivity index (χ3n) is 7.39. The predicted molar refractivity (Wildman–Crippen MR) is 162 cm³/mol. The highest BCUT2D eigenvalue weighted by Gasteiger charge is 2.37. The molecule has 0 spiro atoms. The van der Waals surface area contributed by atoms with Crippen LogP contribution in [0.4, 0.5) is 0 Å². The van der Waals surface area contributed by atoms with Crippen molar-refractivity contribution in [3.05, 3.63) is 71.6 Å². The summed E-state index contributed by atoms with van der Waals surface area (Å²) < 4.78 is 5.95. The van der Waals surface area contributed by atoms with Gasteiger partial charge in [0, 0.05) is 18.7 Å². The summed E-state index contributed by atoms with van der Waals surface area (Å²) in [6, 6.07) is 17.5. The van der Waals surface area contributed by atoms with Gasteiger partial charge in [0.15, 0.2) is 5.84 Å². The summed E-state index contributed by atoms with van der Waals surface area (Å²) in [4.78, 5) is 21.4. The maximum Gasteiger partial charge on any atom is 0.237 e. The van der Waals surface area contributed by atoms with Crippen LogP contribution < -0.4 is 21.1 Å². The van der Waals surface area contributed by atoms with Gasteiger partial charge >= 0.3 is 0 Å². The van der Waals surface area contributed by atoms with Gasteiger partial charge in [0.1, 0.15) is 23.0 Å². The molecule has 212 valence electrons. The third-order valence-corrected chi connectivity index (χ3v) is 7.39. The highest BCUT2D eigenvalue weighted by atomic mass is 16.5. The van der Waals surface area contributed by atoms with Crippen molar-refractivity contribution >= 4 is 24.2 Å². The first-order chi connectivity index (χ1) is 19.3. The third kappa shape index (κ3) is 6.77. The lowest BCUT2D eigenvalue weighted by Gasteiger charge is -2.34. The summed E-state index contributed by atoms with van der Waals surface area (Å²) >= 11 is 0. The summed E-state index contributed by atoms with van der Waals surface area (Å²) in [6.07, 6.45) is 4.28. The minimum Gasteiger partial charge on any atom is -0.457 e. The van der Waals surface area contributed by atoms with E-state index in [2.05, 4.69) is 41.2 Å². The number of para-hydroxylation sites is 1. The molecule has 4 N–H and O–H groups in total. The summed E-state index contributed by atoms with van der Waals surface area (Å²) in [5, 5.41) is 13.4. The second kappa shape index (κ2) is 13.4.